The first-order valence-electron chi connectivity index (χ1n) is 3.75. The number of aryl methyl sites for hydroxylation is 1. The summed E-state index contributed by atoms with van der Waals surface area (Å²) in [5, 5.41) is 10.2. The van der Waals surface area contributed by atoms with Crippen molar-refractivity contribution in [2.24, 2.45) is 0 Å². The van der Waals surface area contributed by atoms with Gasteiger partial charge in [-0.3, -0.25) is 0 Å². The maximum atomic E-state index is 10.2. The lowest BCUT2D eigenvalue weighted by atomic mass is 10.1. The summed E-state index contributed by atoms with van der Waals surface area (Å²) in [6, 6.07) is 7.66. The Morgan fingerprint density at radius 3 is 2.82 bits per heavy atom. The van der Waals surface area contributed by atoms with Gasteiger partial charge in [0.15, 0.2) is 0 Å². The van der Waals surface area contributed by atoms with E-state index in [0.717, 1.165) is 17.7 Å². The lowest BCUT2D eigenvalue weighted by molar-refractivity contribution is 0.189. The second-order valence-electron chi connectivity index (χ2n) is 2.55. The topological polar surface area (TPSA) is 45.9 Å². The summed E-state index contributed by atoms with van der Waals surface area (Å²) in [6.45, 7) is -0.00516. The number of rotatable bonds is 3. The predicted molar refractivity (Wildman–Crippen MR) is 44.7 cm³/mol. The molecule has 1 aromatic rings. The number of nitrogen functional groups attached to an aromatic ring is 1. The van der Waals surface area contributed by atoms with Crippen molar-refractivity contribution in [3.8, 4) is 0 Å². The maximum Gasteiger partial charge on any atom is 0.0825 e. The smallest absolute Gasteiger partial charge is 0.0825 e. The molecule has 2 N–H and O–H groups in total. The highest BCUT2D eigenvalue weighted by Gasteiger charge is 1.92. The van der Waals surface area contributed by atoms with Gasteiger partial charge in [0.2, 0.25) is 0 Å². The third kappa shape index (κ3) is 2.60. The molecule has 0 unspecified atom stereocenters. The minimum atomic E-state index is -0.00516. The van der Waals surface area contributed by atoms with Gasteiger partial charge in [-0.05, 0) is 30.5 Å². The molecule has 1 rings (SSSR count). The average molecular weight is 150 g/mol. The Kier molecular flexibility index (Phi) is 2.93. The van der Waals surface area contributed by atoms with Crippen LogP contribution in [-0.4, -0.2) is 6.61 Å². The van der Waals surface area contributed by atoms with Gasteiger partial charge in [0.05, 0.1) is 6.61 Å². The van der Waals surface area contributed by atoms with E-state index in [0.29, 0.717) is 6.42 Å². The summed E-state index contributed by atoms with van der Waals surface area (Å²) in [7, 11) is 0. The van der Waals surface area contributed by atoms with Gasteiger partial charge in [0.25, 0.3) is 0 Å². The van der Waals surface area contributed by atoms with Crippen LogP contribution in [0.15, 0.2) is 24.3 Å². The first kappa shape index (κ1) is 8.08. The Labute approximate surface area is 66.7 Å². The zero-order chi connectivity index (χ0) is 8.10. The summed E-state index contributed by atoms with van der Waals surface area (Å²) in [4.78, 5) is 0. The summed E-state index contributed by atoms with van der Waals surface area (Å²) in [5.41, 5.74) is 7.48. The van der Waals surface area contributed by atoms with E-state index in [1.54, 1.807) is 0 Å². The molecule has 0 amide bonds. The monoisotopic (exact) mass is 150 g/mol. The van der Waals surface area contributed by atoms with Crippen molar-refractivity contribution in [1.82, 2.24) is 0 Å². The van der Waals surface area contributed by atoms with Crippen molar-refractivity contribution in [2.75, 3.05) is 12.3 Å². The standard InChI is InChI=1S/C9H12NO/c10-9-5-1-3-8(7-9)4-2-6-11/h1,3,5,7H,2,4,6,10H2. The van der Waals surface area contributed by atoms with Crippen LogP contribution in [0.3, 0.4) is 0 Å². The van der Waals surface area contributed by atoms with E-state index in [-0.39, 0.29) is 6.61 Å². The lowest BCUT2D eigenvalue weighted by Gasteiger charge is -1.98. The Hall–Kier alpha value is -1.02. The van der Waals surface area contributed by atoms with Crippen LogP contribution in [0, 0.1) is 0 Å². The van der Waals surface area contributed by atoms with Gasteiger partial charge in [-0.25, -0.2) is 5.11 Å². The fourth-order valence-electron chi connectivity index (χ4n) is 1.02. The molecule has 1 aromatic carbocycles. The van der Waals surface area contributed by atoms with Crippen LogP contribution in [0.25, 0.3) is 0 Å². The first-order chi connectivity index (χ1) is 5.33. The molecule has 11 heavy (non-hydrogen) atoms. The molecule has 0 aliphatic rings. The molecule has 0 aliphatic heterocycles. The molecule has 0 aromatic heterocycles. The molecule has 59 valence electrons. The highest BCUT2D eigenvalue weighted by molar-refractivity contribution is 5.40. The van der Waals surface area contributed by atoms with E-state index in [2.05, 4.69) is 0 Å². The van der Waals surface area contributed by atoms with Crippen LogP contribution < -0.4 is 5.73 Å². The molecular formula is C9H12NO. The first-order valence-corrected chi connectivity index (χ1v) is 3.75. The van der Waals surface area contributed by atoms with Crippen LogP contribution in [0.5, 0.6) is 0 Å². The van der Waals surface area contributed by atoms with Crippen molar-refractivity contribution in [2.45, 2.75) is 12.8 Å². The average Bonchev–Trinajstić information content (AvgIpc) is 2.01. The van der Waals surface area contributed by atoms with Crippen molar-refractivity contribution in [3.05, 3.63) is 29.8 Å². The number of hydrogen-bond acceptors (Lipinski definition) is 1. The molecule has 0 saturated carbocycles. The minimum Gasteiger partial charge on any atom is -0.399 e. The second kappa shape index (κ2) is 3.98. The van der Waals surface area contributed by atoms with Crippen molar-refractivity contribution < 1.29 is 5.11 Å². The maximum absolute atomic E-state index is 10.2. The number of hydrogen-bond donors (Lipinski definition) is 1. The molecule has 0 spiro atoms. The van der Waals surface area contributed by atoms with Gasteiger partial charge >= 0.3 is 0 Å². The molecule has 0 bridgehead atoms. The van der Waals surface area contributed by atoms with Gasteiger partial charge in [-0.2, -0.15) is 0 Å². The molecule has 2 heteroatoms. The van der Waals surface area contributed by atoms with E-state index in [1.165, 1.54) is 0 Å². The van der Waals surface area contributed by atoms with Crippen LogP contribution in [-0.2, 0) is 11.5 Å². The number of anilines is 1. The molecule has 2 nitrogen and oxygen atoms in total. The van der Waals surface area contributed by atoms with Crippen LogP contribution in [0.4, 0.5) is 5.69 Å². The quantitative estimate of drug-likeness (QED) is 0.654. The molecule has 0 atom stereocenters. The normalized spacial score (nSPS) is 9.91. The van der Waals surface area contributed by atoms with Gasteiger partial charge in [0.1, 0.15) is 0 Å². The van der Waals surface area contributed by atoms with E-state index in [4.69, 9.17) is 5.73 Å². The summed E-state index contributed by atoms with van der Waals surface area (Å²) in [5.74, 6) is 0. The Balaban J connectivity index is 2.56. The largest absolute Gasteiger partial charge is 0.399 e. The van der Waals surface area contributed by atoms with E-state index < -0.39 is 0 Å². The van der Waals surface area contributed by atoms with Crippen molar-refractivity contribution in [1.29, 1.82) is 0 Å². The van der Waals surface area contributed by atoms with E-state index in [1.807, 2.05) is 24.3 Å². The Morgan fingerprint density at radius 2 is 2.18 bits per heavy atom. The van der Waals surface area contributed by atoms with Gasteiger partial charge in [-0.1, -0.05) is 12.1 Å². The number of nitrogens with two attached hydrogens (primary N) is 1. The SMILES string of the molecule is Nc1cccc(CCC[O])c1. The van der Waals surface area contributed by atoms with Crippen molar-refractivity contribution >= 4 is 5.69 Å². The van der Waals surface area contributed by atoms with Crippen LogP contribution in [0.2, 0.25) is 0 Å². The van der Waals surface area contributed by atoms with Gasteiger partial charge in [0, 0.05) is 5.69 Å². The van der Waals surface area contributed by atoms with Crippen LogP contribution in [0.1, 0.15) is 12.0 Å². The fourth-order valence-corrected chi connectivity index (χ4v) is 1.02. The third-order valence-corrected chi connectivity index (χ3v) is 1.56. The summed E-state index contributed by atoms with van der Waals surface area (Å²) >= 11 is 0. The highest BCUT2D eigenvalue weighted by atomic mass is 16.2. The lowest BCUT2D eigenvalue weighted by Crippen LogP contribution is -1.90. The molecule has 0 saturated heterocycles. The van der Waals surface area contributed by atoms with E-state index in [9.17, 15) is 5.11 Å². The second-order valence-corrected chi connectivity index (χ2v) is 2.55. The van der Waals surface area contributed by atoms with Crippen molar-refractivity contribution in [3.63, 3.8) is 0 Å². The zero-order valence-corrected chi connectivity index (χ0v) is 6.42. The minimum absolute atomic E-state index is 0.00516. The Morgan fingerprint density at radius 1 is 1.36 bits per heavy atom. The third-order valence-electron chi connectivity index (χ3n) is 1.56. The molecule has 1 radical (unpaired) electrons. The molecular weight excluding hydrogens is 138 g/mol. The summed E-state index contributed by atoms with van der Waals surface area (Å²) < 4.78 is 0. The fraction of sp³-hybridized carbons (Fsp3) is 0.333. The number of benzene rings is 1. The summed E-state index contributed by atoms with van der Waals surface area (Å²) in [6.07, 6.45) is 1.54. The molecule has 0 heterocycles. The van der Waals surface area contributed by atoms with E-state index >= 15 is 0 Å². The molecule has 0 fully saturated rings. The Bertz CT molecular complexity index is 223. The zero-order valence-electron chi connectivity index (χ0n) is 6.42. The van der Waals surface area contributed by atoms with Gasteiger partial charge in [-0.15, -0.1) is 0 Å². The highest BCUT2D eigenvalue weighted by Crippen LogP contribution is 2.07. The molecule has 0 aliphatic carbocycles. The van der Waals surface area contributed by atoms with Crippen LogP contribution >= 0.6 is 0 Å². The predicted octanol–water partition coefficient (Wildman–Crippen LogP) is 1.63. The van der Waals surface area contributed by atoms with Gasteiger partial charge < -0.3 is 5.73 Å².